The zero-order valence-corrected chi connectivity index (χ0v) is 23.2. The van der Waals surface area contributed by atoms with Gasteiger partial charge in [0, 0.05) is 29.7 Å². The highest BCUT2D eigenvalue weighted by atomic mass is 15.4. The molecule has 2 aromatic heterocycles. The predicted octanol–water partition coefficient (Wildman–Crippen LogP) is 9.17. The minimum absolute atomic E-state index is 0.786. The van der Waals surface area contributed by atoms with E-state index >= 15 is 0 Å². The van der Waals surface area contributed by atoms with E-state index in [0.29, 0.717) is 0 Å². The van der Waals surface area contributed by atoms with Gasteiger partial charge in [-0.25, -0.2) is 9.36 Å². The van der Waals surface area contributed by atoms with Gasteiger partial charge in [0.05, 0.1) is 11.4 Å². The third-order valence-corrected chi connectivity index (χ3v) is 7.34. The fourth-order valence-electron chi connectivity index (χ4n) is 5.27. The molecule has 0 atom stereocenters. The molecule has 2 heterocycles. The van der Waals surface area contributed by atoms with Gasteiger partial charge < -0.3 is 0 Å². The second-order valence-corrected chi connectivity index (χ2v) is 10.2. The van der Waals surface area contributed by atoms with Gasteiger partial charge in [-0.1, -0.05) is 103 Å². The Balaban J connectivity index is 1.27. The van der Waals surface area contributed by atoms with Crippen molar-refractivity contribution in [2.75, 3.05) is 4.90 Å². The third-order valence-electron chi connectivity index (χ3n) is 7.34. The molecule has 0 unspecified atom stereocenters. The van der Waals surface area contributed by atoms with Crippen LogP contribution in [0.25, 0.3) is 33.6 Å². The maximum absolute atomic E-state index is 5.10. The zero-order valence-electron chi connectivity index (χ0n) is 23.2. The summed E-state index contributed by atoms with van der Waals surface area (Å²) in [4.78, 5) is 2.10. The van der Waals surface area contributed by atoms with E-state index in [-0.39, 0.29) is 0 Å². The number of aromatic nitrogens is 4. The predicted molar refractivity (Wildman–Crippen MR) is 171 cm³/mol. The normalized spacial score (nSPS) is 11.0. The van der Waals surface area contributed by atoms with Crippen LogP contribution in [0.3, 0.4) is 0 Å². The van der Waals surface area contributed by atoms with Crippen molar-refractivity contribution >= 4 is 17.3 Å². The summed E-state index contributed by atoms with van der Waals surface area (Å²) >= 11 is 0. The Labute approximate surface area is 245 Å². The molecule has 0 fully saturated rings. The van der Waals surface area contributed by atoms with Gasteiger partial charge in [0.2, 0.25) is 0 Å². The molecular formula is C37H29N5. The second kappa shape index (κ2) is 11.1. The Morgan fingerprint density at radius 3 is 1.67 bits per heavy atom. The maximum Gasteiger partial charge on any atom is 0.161 e. The molecule has 0 aliphatic rings. The van der Waals surface area contributed by atoms with Gasteiger partial charge in [-0.05, 0) is 65.6 Å². The van der Waals surface area contributed by atoms with Crippen LogP contribution >= 0.6 is 0 Å². The maximum atomic E-state index is 5.10. The van der Waals surface area contributed by atoms with Crippen LogP contribution in [0.5, 0.6) is 0 Å². The smallest absolute Gasteiger partial charge is 0.161 e. The van der Waals surface area contributed by atoms with E-state index in [0.717, 1.165) is 45.5 Å². The number of hydrogen-bond donors (Lipinski definition) is 0. The SMILES string of the molecule is Cc1cc(N(c2ccccc2)c2ccn(-c3cccc(-c4ccccc4)c3)n2)nn1-c1cccc(-c2ccccc2)c1. The van der Waals surface area contributed by atoms with Gasteiger partial charge in [-0.3, -0.25) is 4.90 Å². The molecule has 5 nitrogen and oxygen atoms in total. The quantitative estimate of drug-likeness (QED) is 0.201. The average Bonchev–Trinajstić information content (AvgIpc) is 3.70. The Kier molecular flexibility index (Phi) is 6.66. The lowest BCUT2D eigenvalue weighted by atomic mass is 10.1. The number of benzene rings is 5. The van der Waals surface area contributed by atoms with E-state index in [2.05, 4.69) is 127 Å². The van der Waals surface area contributed by atoms with E-state index in [1.165, 1.54) is 11.1 Å². The molecule has 7 aromatic rings. The molecule has 5 aromatic carbocycles. The average molecular weight is 544 g/mol. The Morgan fingerprint density at radius 1 is 0.476 bits per heavy atom. The molecule has 0 aliphatic carbocycles. The first-order valence-corrected chi connectivity index (χ1v) is 14.0. The first-order valence-electron chi connectivity index (χ1n) is 14.0. The van der Waals surface area contributed by atoms with Crippen LogP contribution in [-0.2, 0) is 0 Å². The van der Waals surface area contributed by atoms with Crippen molar-refractivity contribution in [3.05, 3.63) is 164 Å². The van der Waals surface area contributed by atoms with E-state index in [1.54, 1.807) is 0 Å². The minimum Gasteiger partial charge on any atom is -0.276 e. The van der Waals surface area contributed by atoms with Gasteiger partial charge in [0.15, 0.2) is 11.6 Å². The van der Waals surface area contributed by atoms with E-state index in [1.807, 2.05) is 52.0 Å². The van der Waals surface area contributed by atoms with Crippen LogP contribution in [-0.4, -0.2) is 19.6 Å². The van der Waals surface area contributed by atoms with Crippen LogP contribution in [0.1, 0.15) is 5.69 Å². The number of anilines is 3. The summed E-state index contributed by atoms with van der Waals surface area (Å²) < 4.78 is 3.92. The van der Waals surface area contributed by atoms with Crippen molar-refractivity contribution in [2.24, 2.45) is 0 Å². The fraction of sp³-hybridized carbons (Fsp3) is 0.0270. The molecule has 0 spiro atoms. The first kappa shape index (κ1) is 25.3. The van der Waals surface area contributed by atoms with Crippen molar-refractivity contribution in [3.8, 4) is 33.6 Å². The molecular weight excluding hydrogens is 514 g/mol. The molecule has 0 radical (unpaired) electrons. The van der Waals surface area contributed by atoms with Crippen LogP contribution < -0.4 is 4.90 Å². The van der Waals surface area contributed by atoms with Gasteiger partial charge in [-0.15, -0.1) is 10.2 Å². The van der Waals surface area contributed by atoms with Crippen molar-refractivity contribution < 1.29 is 0 Å². The van der Waals surface area contributed by atoms with Crippen LogP contribution in [0, 0.1) is 6.92 Å². The summed E-state index contributed by atoms with van der Waals surface area (Å²) in [5.74, 6) is 1.58. The lowest BCUT2D eigenvalue weighted by molar-refractivity contribution is 0.838. The van der Waals surface area contributed by atoms with Crippen LogP contribution in [0.2, 0.25) is 0 Å². The number of aryl methyl sites for hydroxylation is 1. The zero-order chi connectivity index (χ0) is 28.3. The molecule has 42 heavy (non-hydrogen) atoms. The van der Waals surface area contributed by atoms with Crippen LogP contribution in [0.4, 0.5) is 17.3 Å². The van der Waals surface area contributed by atoms with Crippen molar-refractivity contribution in [2.45, 2.75) is 6.92 Å². The second-order valence-electron chi connectivity index (χ2n) is 10.2. The molecule has 0 aliphatic heterocycles. The summed E-state index contributed by atoms with van der Waals surface area (Å²) in [6.45, 7) is 2.09. The molecule has 0 N–H and O–H groups in total. The van der Waals surface area contributed by atoms with Crippen molar-refractivity contribution in [3.63, 3.8) is 0 Å². The fourth-order valence-corrected chi connectivity index (χ4v) is 5.27. The third kappa shape index (κ3) is 5.00. The molecule has 0 bridgehead atoms. The number of rotatable bonds is 7. The summed E-state index contributed by atoms with van der Waals surface area (Å²) in [6.07, 6.45) is 2.00. The summed E-state index contributed by atoms with van der Waals surface area (Å²) in [5.41, 5.74) is 8.69. The number of nitrogens with zero attached hydrogens (tertiary/aromatic N) is 5. The topological polar surface area (TPSA) is 38.9 Å². The first-order chi connectivity index (χ1) is 20.7. The molecule has 0 amide bonds. The highest BCUT2D eigenvalue weighted by Gasteiger charge is 2.20. The van der Waals surface area contributed by atoms with Gasteiger partial charge in [0.1, 0.15) is 0 Å². The lowest BCUT2D eigenvalue weighted by Gasteiger charge is -2.20. The highest BCUT2D eigenvalue weighted by molar-refractivity contribution is 5.73. The lowest BCUT2D eigenvalue weighted by Crippen LogP contribution is -2.12. The van der Waals surface area contributed by atoms with E-state index < -0.39 is 0 Å². The monoisotopic (exact) mass is 543 g/mol. The molecule has 0 saturated carbocycles. The van der Waals surface area contributed by atoms with Crippen LogP contribution in [0.15, 0.2) is 158 Å². The largest absolute Gasteiger partial charge is 0.276 e. The summed E-state index contributed by atoms with van der Waals surface area (Å²) in [6, 6.07) is 52.2. The number of para-hydroxylation sites is 1. The molecule has 7 rings (SSSR count). The van der Waals surface area contributed by atoms with E-state index in [4.69, 9.17) is 10.2 Å². The Morgan fingerprint density at radius 2 is 1.02 bits per heavy atom. The highest BCUT2D eigenvalue weighted by Crippen LogP contribution is 2.34. The van der Waals surface area contributed by atoms with Gasteiger partial charge in [-0.2, -0.15) is 0 Å². The summed E-state index contributed by atoms with van der Waals surface area (Å²) in [7, 11) is 0. The molecule has 202 valence electrons. The standard InChI is InChI=1S/C37H29N5/c1-28-25-37(39-42(28)35-22-12-18-32(27-35)30-15-7-3-8-16-30)41(33-19-9-4-10-20-33)36-23-24-40(38-36)34-21-11-17-31(26-34)29-13-5-2-6-14-29/h2-27H,1H3. The van der Waals surface area contributed by atoms with Crippen molar-refractivity contribution in [1.29, 1.82) is 0 Å². The summed E-state index contributed by atoms with van der Waals surface area (Å²) in [5, 5.41) is 10.1. The molecule has 5 heteroatoms. The van der Waals surface area contributed by atoms with Gasteiger partial charge >= 0.3 is 0 Å². The Hall–Kier alpha value is -5.68. The Bertz CT molecular complexity index is 1940. The van der Waals surface area contributed by atoms with Gasteiger partial charge in [0.25, 0.3) is 0 Å². The van der Waals surface area contributed by atoms with E-state index in [9.17, 15) is 0 Å². The number of hydrogen-bond acceptors (Lipinski definition) is 3. The van der Waals surface area contributed by atoms with Crippen molar-refractivity contribution in [1.82, 2.24) is 19.6 Å². The minimum atomic E-state index is 0.786. The molecule has 0 saturated heterocycles.